The van der Waals surface area contributed by atoms with Crippen LogP contribution in [0.15, 0.2) is 30.3 Å². The number of rotatable bonds is 8. The monoisotopic (exact) mass is 248 g/mol. The fourth-order valence-corrected chi connectivity index (χ4v) is 1.79. The van der Waals surface area contributed by atoms with Gasteiger partial charge in [0.1, 0.15) is 0 Å². The molecule has 0 unspecified atom stereocenters. The van der Waals surface area contributed by atoms with Crippen LogP contribution in [0.1, 0.15) is 12.0 Å². The molecule has 18 heavy (non-hydrogen) atoms. The largest absolute Gasteiger partial charge is 0.394 e. The van der Waals surface area contributed by atoms with E-state index in [-0.39, 0.29) is 6.61 Å². The topological polar surface area (TPSA) is 67.5 Å². The zero-order valence-electron chi connectivity index (χ0n) is 10.5. The number of aliphatic hydroxyl groups excluding tert-OH is 2. The highest BCUT2D eigenvalue weighted by molar-refractivity contribution is 5.14. The van der Waals surface area contributed by atoms with Gasteiger partial charge in [0.25, 0.3) is 0 Å². The summed E-state index contributed by atoms with van der Waals surface area (Å²) in [5, 5.41) is 26.9. The standard InChI is InChI=1S/C14H20N2O2/c15-8-4-9-16(11-14(18)12-17)10-7-13-5-2-1-3-6-13/h1-3,5-6,14,17-18H,4,7,9-12H2/t14-/m0/s1. The summed E-state index contributed by atoms with van der Waals surface area (Å²) in [5.74, 6) is 0. The van der Waals surface area contributed by atoms with Gasteiger partial charge in [-0.1, -0.05) is 30.3 Å². The SMILES string of the molecule is N#CCCN(CCc1ccccc1)C[C@H](O)CO. The van der Waals surface area contributed by atoms with E-state index in [0.717, 1.165) is 13.0 Å². The number of nitrogens with zero attached hydrogens (tertiary/aromatic N) is 2. The van der Waals surface area contributed by atoms with E-state index in [9.17, 15) is 5.11 Å². The highest BCUT2D eigenvalue weighted by Gasteiger charge is 2.10. The Kier molecular flexibility index (Phi) is 7.04. The van der Waals surface area contributed by atoms with Crippen molar-refractivity contribution >= 4 is 0 Å². The fraction of sp³-hybridized carbons (Fsp3) is 0.500. The predicted molar refractivity (Wildman–Crippen MR) is 69.9 cm³/mol. The molecule has 4 nitrogen and oxygen atoms in total. The summed E-state index contributed by atoms with van der Waals surface area (Å²) >= 11 is 0. The average Bonchev–Trinajstić information content (AvgIpc) is 2.42. The summed E-state index contributed by atoms with van der Waals surface area (Å²) in [7, 11) is 0. The molecule has 0 radical (unpaired) electrons. The predicted octanol–water partition coefficient (Wildman–Crippen LogP) is 0.798. The van der Waals surface area contributed by atoms with Gasteiger partial charge < -0.3 is 10.2 Å². The highest BCUT2D eigenvalue weighted by atomic mass is 16.3. The molecule has 1 aromatic carbocycles. The Hall–Kier alpha value is -1.41. The lowest BCUT2D eigenvalue weighted by atomic mass is 10.1. The molecular formula is C14H20N2O2. The first-order valence-corrected chi connectivity index (χ1v) is 6.18. The van der Waals surface area contributed by atoms with E-state index in [2.05, 4.69) is 18.2 Å². The van der Waals surface area contributed by atoms with Crippen molar-refractivity contribution in [1.29, 1.82) is 5.26 Å². The number of aliphatic hydroxyl groups is 2. The van der Waals surface area contributed by atoms with Crippen LogP contribution in [0, 0.1) is 11.3 Å². The molecule has 0 aliphatic heterocycles. The second kappa shape index (κ2) is 8.65. The van der Waals surface area contributed by atoms with Gasteiger partial charge in [0.15, 0.2) is 0 Å². The average molecular weight is 248 g/mol. The van der Waals surface area contributed by atoms with Gasteiger partial charge in [-0.05, 0) is 12.0 Å². The van der Waals surface area contributed by atoms with Crippen LogP contribution in [0.3, 0.4) is 0 Å². The van der Waals surface area contributed by atoms with Crippen molar-refractivity contribution in [2.45, 2.75) is 18.9 Å². The molecule has 0 spiro atoms. The van der Waals surface area contributed by atoms with Gasteiger partial charge in [0.05, 0.1) is 18.8 Å². The fourth-order valence-electron chi connectivity index (χ4n) is 1.79. The molecule has 0 saturated carbocycles. The third-order valence-electron chi connectivity index (χ3n) is 2.78. The van der Waals surface area contributed by atoms with Crippen LogP contribution in [0.2, 0.25) is 0 Å². The maximum atomic E-state index is 9.45. The number of benzene rings is 1. The number of nitriles is 1. The first-order chi connectivity index (χ1) is 8.76. The molecule has 0 saturated heterocycles. The Bertz CT molecular complexity index is 362. The lowest BCUT2D eigenvalue weighted by Gasteiger charge is -2.23. The van der Waals surface area contributed by atoms with Crippen LogP contribution in [-0.2, 0) is 6.42 Å². The lowest BCUT2D eigenvalue weighted by Crippen LogP contribution is -2.36. The van der Waals surface area contributed by atoms with E-state index >= 15 is 0 Å². The molecule has 0 fully saturated rings. The minimum Gasteiger partial charge on any atom is -0.394 e. The molecule has 98 valence electrons. The van der Waals surface area contributed by atoms with Crippen molar-refractivity contribution in [3.8, 4) is 6.07 Å². The van der Waals surface area contributed by atoms with E-state index in [0.29, 0.717) is 19.5 Å². The Balaban J connectivity index is 2.42. The molecular weight excluding hydrogens is 228 g/mol. The molecule has 0 aliphatic carbocycles. The van der Waals surface area contributed by atoms with Crippen LogP contribution in [0.5, 0.6) is 0 Å². The number of hydrogen-bond donors (Lipinski definition) is 2. The van der Waals surface area contributed by atoms with Gasteiger partial charge >= 0.3 is 0 Å². The quantitative estimate of drug-likeness (QED) is 0.714. The van der Waals surface area contributed by atoms with E-state index in [1.165, 1.54) is 5.56 Å². The number of hydrogen-bond acceptors (Lipinski definition) is 4. The molecule has 0 aromatic heterocycles. The summed E-state index contributed by atoms with van der Waals surface area (Å²) in [5.41, 5.74) is 1.23. The Morgan fingerprint density at radius 1 is 1.22 bits per heavy atom. The van der Waals surface area contributed by atoms with E-state index < -0.39 is 6.10 Å². The van der Waals surface area contributed by atoms with Gasteiger partial charge in [-0.3, -0.25) is 4.90 Å². The third kappa shape index (κ3) is 5.78. The summed E-state index contributed by atoms with van der Waals surface area (Å²) in [6, 6.07) is 12.2. The van der Waals surface area contributed by atoms with Crippen LogP contribution in [0.4, 0.5) is 0 Å². The summed E-state index contributed by atoms with van der Waals surface area (Å²) in [4.78, 5) is 2.01. The molecule has 1 rings (SSSR count). The first kappa shape index (κ1) is 14.7. The molecule has 1 aromatic rings. The van der Waals surface area contributed by atoms with Crippen LogP contribution < -0.4 is 0 Å². The molecule has 2 N–H and O–H groups in total. The van der Waals surface area contributed by atoms with Crippen molar-refractivity contribution in [1.82, 2.24) is 4.90 Å². The van der Waals surface area contributed by atoms with E-state index in [1.54, 1.807) is 0 Å². The van der Waals surface area contributed by atoms with Crippen molar-refractivity contribution in [3.05, 3.63) is 35.9 Å². The molecule has 0 aliphatic rings. The van der Waals surface area contributed by atoms with Gasteiger partial charge in [-0.2, -0.15) is 5.26 Å². The molecule has 0 amide bonds. The van der Waals surface area contributed by atoms with Crippen LogP contribution in [0.25, 0.3) is 0 Å². The summed E-state index contributed by atoms with van der Waals surface area (Å²) in [6.07, 6.45) is 0.580. The van der Waals surface area contributed by atoms with E-state index in [4.69, 9.17) is 10.4 Å². The van der Waals surface area contributed by atoms with Gasteiger partial charge in [-0.25, -0.2) is 0 Å². The Morgan fingerprint density at radius 3 is 2.56 bits per heavy atom. The lowest BCUT2D eigenvalue weighted by molar-refractivity contribution is 0.0600. The molecule has 4 heteroatoms. The van der Waals surface area contributed by atoms with Gasteiger partial charge in [-0.15, -0.1) is 0 Å². The molecule has 0 heterocycles. The Labute approximate surface area is 108 Å². The smallest absolute Gasteiger partial charge is 0.0897 e. The second-order valence-corrected chi connectivity index (χ2v) is 4.28. The Morgan fingerprint density at radius 2 is 1.94 bits per heavy atom. The van der Waals surface area contributed by atoms with Gasteiger partial charge in [0, 0.05) is 26.1 Å². The van der Waals surface area contributed by atoms with Gasteiger partial charge in [0.2, 0.25) is 0 Å². The second-order valence-electron chi connectivity index (χ2n) is 4.28. The summed E-state index contributed by atoms with van der Waals surface area (Å²) < 4.78 is 0. The van der Waals surface area contributed by atoms with Crippen LogP contribution >= 0.6 is 0 Å². The molecule has 0 bridgehead atoms. The minimum absolute atomic E-state index is 0.242. The maximum absolute atomic E-state index is 9.45. The van der Waals surface area contributed by atoms with Crippen molar-refractivity contribution < 1.29 is 10.2 Å². The zero-order valence-corrected chi connectivity index (χ0v) is 10.5. The van der Waals surface area contributed by atoms with Crippen LogP contribution in [-0.4, -0.2) is 47.5 Å². The van der Waals surface area contributed by atoms with E-state index in [1.807, 2.05) is 23.1 Å². The highest BCUT2D eigenvalue weighted by Crippen LogP contribution is 2.03. The van der Waals surface area contributed by atoms with Crippen molar-refractivity contribution in [2.24, 2.45) is 0 Å². The van der Waals surface area contributed by atoms with Crippen molar-refractivity contribution in [3.63, 3.8) is 0 Å². The maximum Gasteiger partial charge on any atom is 0.0897 e. The first-order valence-electron chi connectivity index (χ1n) is 6.18. The molecule has 1 atom stereocenters. The zero-order chi connectivity index (χ0) is 13.2. The normalized spacial score (nSPS) is 12.3. The van der Waals surface area contributed by atoms with Crippen molar-refractivity contribution in [2.75, 3.05) is 26.2 Å². The minimum atomic E-state index is -0.737. The summed E-state index contributed by atoms with van der Waals surface area (Å²) in [6.45, 7) is 1.57. The third-order valence-corrected chi connectivity index (χ3v) is 2.78.